The van der Waals surface area contributed by atoms with E-state index in [1.165, 1.54) is 23.9 Å². The molecule has 3 heterocycles. The molecule has 11 heteroatoms. The van der Waals surface area contributed by atoms with Crippen molar-refractivity contribution in [2.45, 2.75) is 5.16 Å². The Balaban J connectivity index is 1.20. The van der Waals surface area contributed by atoms with Crippen molar-refractivity contribution in [3.8, 4) is 0 Å². The molecule has 9 nitrogen and oxygen atoms in total. The van der Waals surface area contributed by atoms with E-state index in [0.29, 0.717) is 31.9 Å². The minimum atomic E-state index is -0.403. The number of nitrogens with zero attached hydrogens (tertiary/aromatic N) is 6. The van der Waals surface area contributed by atoms with Gasteiger partial charge in [-0.25, -0.2) is 0 Å². The van der Waals surface area contributed by atoms with E-state index in [0.717, 1.165) is 26.0 Å². The largest absolute Gasteiger partial charge is 0.368 e. The van der Waals surface area contributed by atoms with Crippen molar-refractivity contribution in [3.05, 3.63) is 58.6 Å². The van der Waals surface area contributed by atoms with Crippen LogP contribution in [-0.4, -0.2) is 62.3 Å². The number of nitro benzene ring substituents is 1. The number of amides is 1. The van der Waals surface area contributed by atoms with E-state index in [1.807, 2.05) is 27.5 Å². The summed E-state index contributed by atoms with van der Waals surface area (Å²) in [4.78, 5) is 28.0. The number of rotatable bonds is 5. The van der Waals surface area contributed by atoms with Crippen molar-refractivity contribution in [1.29, 1.82) is 0 Å². The van der Waals surface area contributed by atoms with Crippen LogP contribution >= 0.6 is 23.1 Å². The summed E-state index contributed by atoms with van der Waals surface area (Å²) >= 11 is 2.99. The first kappa shape index (κ1) is 19.8. The molecule has 0 saturated carbocycles. The molecule has 1 saturated heterocycles. The van der Waals surface area contributed by atoms with Gasteiger partial charge in [0.1, 0.15) is 0 Å². The summed E-state index contributed by atoms with van der Waals surface area (Å²) in [6.45, 7) is 2.62. The summed E-state index contributed by atoms with van der Waals surface area (Å²) in [7, 11) is 0. The minimum Gasteiger partial charge on any atom is -0.368 e. The van der Waals surface area contributed by atoms with Gasteiger partial charge in [0.2, 0.25) is 10.9 Å². The van der Waals surface area contributed by atoms with Gasteiger partial charge >= 0.3 is 0 Å². The molecule has 2 aromatic heterocycles. The molecule has 1 aliphatic rings. The number of piperazine rings is 1. The maximum atomic E-state index is 12.8. The van der Waals surface area contributed by atoms with E-state index in [1.54, 1.807) is 23.5 Å². The zero-order valence-electron chi connectivity index (χ0n) is 16.4. The number of nitro groups is 1. The van der Waals surface area contributed by atoms with Gasteiger partial charge in [0, 0.05) is 44.0 Å². The Bertz CT molecular complexity index is 1260. The number of thiazole rings is 1. The van der Waals surface area contributed by atoms with Gasteiger partial charge in [0.05, 0.1) is 20.9 Å². The Kier molecular flexibility index (Phi) is 5.20. The number of hydrogen-bond acceptors (Lipinski definition) is 8. The Hall–Kier alpha value is -3.18. The molecule has 0 radical (unpaired) electrons. The van der Waals surface area contributed by atoms with Crippen LogP contribution in [0.2, 0.25) is 0 Å². The molecule has 1 fully saturated rings. The van der Waals surface area contributed by atoms with E-state index >= 15 is 0 Å². The van der Waals surface area contributed by atoms with Crippen LogP contribution in [0.5, 0.6) is 0 Å². The lowest BCUT2D eigenvalue weighted by Crippen LogP contribution is -2.49. The Morgan fingerprint density at radius 3 is 2.55 bits per heavy atom. The summed E-state index contributed by atoms with van der Waals surface area (Å²) < 4.78 is 3.15. The topological polar surface area (TPSA) is 96.9 Å². The third-order valence-corrected chi connectivity index (χ3v) is 7.22. The zero-order valence-corrected chi connectivity index (χ0v) is 18.0. The number of thioether (sulfide) groups is 1. The van der Waals surface area contributed by atoms with Crippen molar-refractivity contribution in [3.63, 3.8) is 0 Å². The molecule has 1 aliphatic heterocycles. The number of anilines is 1. The van der Waals surface area contributed by atoms with E-state index in [-0.39, 0.29) is 11.6 Å². The van der Waals surface area contributed by atoms with Gasteiger partial charge < -0.3 is 9.80 Å². The number of non-ortho nitro benzene ring substituents is 1. The number of para-hydroxylation sites is 1. The Morgan fingerprint density at radius 1 is 1.06 bits per heavy atom. The fourth-order valence-electron chi connectivity index (χ4n) is 3.67. The molecule has 1 amide bonds. The van der Waals surface area contributed by atoms with Crippen molar-refractivity contribution >= 4 is 55.6 Å². The third kappa shape index (κ3) is 3.81. The highest BCUT2D eigenvalue weighted by Gasteiger charge is 2.23. The van der Waals surface area contributed by atoms with Crippen molar-refractivity contribution in [2.75, 3.05) is 36.8 Å². The van der Waals surface area contributed by atoms with Crippen molar-refractivity contribution in [2.24, 2.45) is 0 Å². The maximum absolute atomic E-state index is 12.8. The van der Waals surface area contributed by atoms with Gasteiger partial charge in [0.25, 0.3) is 5.69 Å². The van der Waals surface area contributed by atoms with Crippen LogP contribution in [0.15, 0.2) is 53.7 Å². The van der Waals surface area contributed by atoms with Gasteiger partial charge in [-0.2, -0.15) is 0 Å². The average molecular weight is 455 g/mol. The molecular formula is C20H18N6O3S2. The van der Waals surface area contributed by atoms with Crippen molar-refractivity contribution in [1.82, 2.24) is 19.5 Å². The van der Waals surface area contributed by atoms with Crippen LogP contribution in [0, 0.1) is 10.1 Å². The lowest BCUT2D eigenvalue weighted by Gasteiger charge is -2.36. The molecule has 0 atom stereocenters. The average Bonchev–Trinajstić information content (AvgIpc) is 3.37. The SMILES string of the molecule is O=C(CSc1nnc2sc3ccccc3n12)N1CCN(c2ccc([N+](=O)[O-])cc2)CC1. The first-order chi connectivity index (χ1) is 15.1. The van der Waals surface area contributed by atoms with Gasteiger partial charge in [0.15, 0.2) is 5.16 Å². The summed E-state index contributed by atoms with van der Waals surface area (Å²) in [6, 6.07) is 14.6. The molecule has 4 aromatic rings. The van der Waals surface area contributed by atoms with Gasteiger partial charge in [-0.15, -0.1) is 10.2 Å². The standard InChI is InChI=1S/C20H18N6O3S2/c27-18(13-30-19-21-22-20-25(19)16-3-1-2-4-17(16)31-20)24-11-9-23(10-12-24)14-5-7-15(8-6-14)26(28)29/h1-8H,9-13H2. The van der Waals surface area contributed by atoms with Crippen LogP contribution < -0.4 is 4.90 Å². The quantitative estimate of drug-likeness (QED) is 0.259. The van der Waals surface area contributed by atoms with Crippen LogP contribution in [0.4, 0.5) is 11.4 Å². The number of fused-ring (bicyclic) bond motifs is 3. The van der Waals surface area contributed by atoms with Crippen LogP contribution in [0.1, 0.15) is 0 Å². The molecule has 31 heavy (non-hydrogen) atoms. The third-order valence-electron chi connectivity index (χ3n) is 5.29. The molecule has 0 unspecified atom stereocenters. The molecule has 0 N–H and O–H groups in total. The Morgan fingerprint density at radius 2 is 1.81 bits per heavy atom. The number of carbonyl (C=O) groups is 1. The predicted molar refractivity (Wildman–Crippen MR) is 121 cm³/mol. The first-order valence-corrected chi connectivity index (χ1v) is 11.5. The second-order valence-corrected chi connectivity index (χ2v) is 9.05. The van der Waals surface area contributed by atoms with Crippen LogP contribution in [-0.2, 0) is 4.79 Å². The van der Waals surface area contributed by atoms with Gasteiger partial charge in [-0.1, -0.05) is 35.2 Å². The van der Waals surface area contributed by atoms with E-state index in [9.17, 15) is 14.9 Å². The fourth-order valence-corrected chi connectivity index (χ4v) is 5.54. The second kappa shape index (κ2) is 8.16. The molecule has 0 bridgehead atoms. The molecular weight excluding hydrogens is 436 g/mol. The number of carbonyl (C=O) groups excluding carboxylic acids is 1. The highest BCUT2D eigenvalue weighted by molar-refractivity contribution is 7.99. The highest BCUT2D eigenvalue weighted by atomic mass is 32.2. The first-order valence-electron chi connectivity index (χ1n) is 9.73. The lowest BCUT2D eigenvalue weighted by molar-refractivity contribution is -0.384. The van der Waals surface area contributed by atoms with E-state index in [4.69, 9.17) is 0 Å². The second-order valence-electron chi connectivity index (χ2n) is 7.10. The minimum absolute atomic E-state index is 0.0737. The summed E-state index contributed by atoms with van der Waals surface area (Å²) in [5, 5.41) is 20.0. The Labute approximate surface area is 185 Å². The highest BCUT2D eigenvalue weighted by Crippen LogP contribution is 2.29. The normalized spacial score (nSPS) is 14.5. The zero-order chi connectivity index (χ0) is 21.4. The van der Waals surface area contributed by atoms with Crippen molar-refractivity contribution < 1.29 is 9.72 Å². The molecule has 0 spiro atoms. The van der Waals surface area contributed by atoms with Crippen LogP contribution in [0.3, 0.4) is 0 Å². The summed E-state index contributed by atoms with van der Waals surface area (Å²) in [6.07, 6.45) is 0. The predicted octanol–water partition coefficient (Wildman–Crippen LogP) is 3.29. The summed E-state index contributed by atoms with van der Waals surface area (Å²) in [5.41, 5.74) is 2.07. The summed E-state index contributed by atoms with van der Waals surface area (Å²) in [5.74, 6) is 0.382. The molecule has 2 aromatic carbocycles. The van der Waals surface area contributed by atoms with Gasteiger partial charge in [-0.3, -0.25) is 19.3 Å². The lowest BCUT2D eigenvalue weighted by atomic mass is 10.2. The van der Waals surface area contributed by atoms with Crippen LogP contribution in [0.25, 0.3) is 15.2 Å². The number of aromatic nitrogens is 3. The van der Waals surface area contributed by atoms with E-state index in [2.05, 4.69) is 21.2 Å². The fraction of sp³-hybridized carbons (Fsp3) is 0.250. The van der Waals surface area contributed by atoms with Gasteiger partial charge in [-0.05, 0) is 24.3 Å². The molecule has 0 aliphatic carbocycles. The smallest absolute Gasteiger partial charge is 0.269 e. The molecule has 158 valence electrons. The monoisotopic (exact) mass is 454 g/mol. The number of benzene rings is 2. The number of hydrogen-bond donors (Lipinski definition) is 0. The molecule has 5 rings (SSSR count). The maximum Gasteiger partial charge on any atom is 0.269 e. The van der Waals surface area contributed by atoms with E-state index < -0.39 is 4.92 Å².